The third kappa shape index (κ3) is 15.5. The number of carbonyl (C=O) groups excluding carboxylic acids is 2. The first kappa shape index (κ1) is 26.2. The van der Waals surface area contributed by atoms with E-state index in [1.807, 2.05) is 13.8 Å². The highest BCUT2D eigenvalue weighted by Gasteiger charge is 2.16. The Labute approximate surface area is 155 Å². The van der Waals surface area contributed by atoms with Gasteiger partial charge in [0, 0.05) is 12.5 Å². The van der Waals surface area contributed by atoms with Crippen molar-refractivity contribution in [1.29, 1.82) is 5.41 Å². The van der Waals surface area contributed by atoms with E-state index < -0.39 is 6.04 Å². The number of nitrogens with two attached hydrogens (primary N) is 6. The molecule has 0 spiro atoms. The minimum atomic E-state index is -0.408. The highest BCUT2D eigenvalue weighted by molar-refractivity contribution is 5.81. The molecule has 0 aromatic carbocycles. The molecule has 1 unspecified atom stereocenters. The van der Waals surface area contributed by atoms with Gasteiger partial charge >= 0.3 is 0 Å². The number of carbonyl (C=O) groups is 2. The molecule has 152 valence electrons. The number of Topliss-reactive ketones (excluding diaryl/α,β-unsaturated/α-hetero) is 2. The zero-order valence-electron chi connectivity index (χ0n) is 16.4. The summed E-state index contributed by atoms with van der Waals surface area (Å²) >= 11 is 0. The van der Waals surface area contributed by atoms with Crippen LogP contribution in [0, 0.1) is 17.2 Å². The molecule has 0 aliphatic rings. The van der Waals surface area contributed by atoms with Crippen LogP contribution in [0.25, 0.3) is 0 Å². The van der Waals surface area contributed by atoms with Gasteiger partial charge in [0.05, 0.1) is 18.6 Å². The smallest absolute Gasteiger partial charge is 0.288 e. The first-order valence-corrected chi connectivity index (χ1v) is 8.63. The van der Waals surface area contributed by atoms with E-state index in [9.17, 15) is 9.59 Å². The van der Waals surface area contributed by atoms with E-state index in [0.29, 0.717) is 25.4 Å². The predicted octanol–water partition coefficient (Wildman–Crippen LogP) is -2.41. The Hall–Kier alpha value is -2.04. The number of hydrogen-bond acceptors (Lipinski definition) is 6. The molecule has 0 aromatic rings. The van der Waals surface area contributed by atoms with Gasteiger partial charge in [0.25, 0.3) is 5.96 Å². The van der Waals surface area contributed by atoms with E-state index in [2.05, 4.69) is 4.99 Å². The van der Waals surface area contributed by atoms with Gasteiger partial charge in [-0.05, 0) is 32.6 Å². The lowest BCUT2D eigenvalue weighted by Gasteiger charge is -2.15. The number of hydrogen-bond donors (Lipinski definition) is 7. The van der Waals surface area contributed by atoms with Crippen LogP contribution in [0.2, 0.25) is 0 Å². The molecule has 4 atom stereocenters. The van der Waals surface area contributed by atoms with Crippen molar-refractivity contribution >= 4 is 23.5 Å². The second kappa shape index (κ2) is 14.2. The number of quaternary nitrogens is 1. The van der Waals surface area contributed by atoms with Crippen LogP contribution in [-0.2, 0) is 9.59 Å². The molecular weight excluding hydrogens is 336 g/mol. The highest BCUT2D eigenvalue weighted by Crippen LogP contribution is 2.06. The lowest BCUT2D eigenvalue weighted by molar-refractivity contribution is -0.549. The van der Waals surface area contributed by atoms with Gasteiger partial charge in [-0.1, -0.05) is 13.8 Å². The first-order valence-electron chi connectivity index (χ1n) is 8.63. The summed E-state index contributed by atoms with van der Waals surface area (Å²) in [5.74, 6) is 0.558. The lowest BCUT2D eigenvalue weighted by atomic mass is 9.96. The van der Waals surface area contributed by atoms with Gasteiger partial charge in [0.1, 0.15) is 11.6 Å². The summed E-state index contributed by atoms with van der Waals surface area (Å²) in [6, 6.07) is -0.787. The molecule has 10 nitrogen and oxygen atoms in total. The fourth-order valence-corrected chi connectivity index (χ4v) is 2.00. The van der Waals surface area contributed by atoms with Crippen molar-refractivity contribution in [2.24, 2.45) is 45.5 Å². The molecule has 13 N–H and O–H groups in total. The lowest BCUT2D eigenvalue weighted by Crippen LogP contribution is -2.91. The molecule has 10 heteroatoms. The van der Waals surface area contributed by atoms with Gasteiger partial charge < -0.3 is 28.7 Å². The van der Waals surface area contributed by atoms with Gasteiger partial charge in [-0.3, -0.25) is 19.9 Å². The maximum atomic E-state index is 10.9. The summed E-state index contributed by atoms with van der Waals surface area (Å²) in [6.45, 7) is 8.10. The van der Waals surface area contributed by atoms with E-state index in [1.165, 1.54) is 13.8 Å². The number of nitrogens with one attached hydrogen (secondary N) is 1. The minimum Gasteiger partial charge on any atom is -0.370 e. The summed E-state index contributed by atoms with van der Waals surface area (Å²) in [5, 5.41) is 8.62. The van der Waals surface area contributed by atoms with Crippen molar-refractivity contribution in [1.82, 2.24) is 0 Å². The van der Waals surface area contributed by atoms with E-state index in [1.54, 1.807) is 5.32 Å². The highest BCUT2D eigenvalue weighted by atomic mass is 16.1. The molecule has 26 heavy (non-hydrogen) atoms. The summed E-state index contributed by atoms with van der Waals surface area (Å²) in [7, 11) is 0. The molecule has 0 rings (SSSR count). The van der Waals surface area contributed by atoms with E-state index >= 15 is 0 Å². The van der Waals surface area contributed by atoms with Crippen molar-refractivity contribution in [3.63, 3.8) is 0 Å². The van der Waals surface area contributed by atoms with E-state index in [0.717, 1.165) is 6.42 Å². The van der Waals surface area contributed by atoms with Crippen LogP contribution >= 0.6 is 0 Å². The minimum absolute atomic E-state index is 0.00259. The Bertz CT molecular complexity index is 477. The van der Waals surface area contributed by atoms with Crippen LogP contribution in [0.1, 0.15) is 40.5 Å². The van der Waals surface area contributed by atoms with Crippen LogP contribution in [0.3, 0.4) is 0 Å². The van der Waals surface area contributed by atoms with Crippen LogP contribution in [0.5, 0.6) is 0 Å². The summed E-state index contributed by atoms with van der Waals surface area (Å²) in [5.41, 5.74) is 26.6. The maximum Gasteiger partial charge on any atom is 0.288 e. The summed E-state index contributed by atoms with van der Waals surface area (Å²) in [6.07, 6.45) is 1.37. The van der Waals surface area contributed by atoms with E-state index in [4.69, 9.17) is 34.1 Å². The molecule has 0 saturated carbocycles. The number of ketones is 2. The molecule has 0 aliphatic heterocycles. The maximum absolute atomic E-state index is 10.9. The number of guanidine groups is 2. The molecular formula is C16H37N8O2+. The van der Waals surface area contributed by atoms with Gasteiger partial charge in [0.2, 0.25) is 0 Å². The first-order chi connectivity index (χ1) is 11.9. The van der Waals surface area contributed by atoms with Crippen molar-refractivity contribution in [3.8, 4) is 0 Å². The fraction of sp³-hybridized carbons (Fsp3) is 0.750. The summed E-state index contributed by atoms with van der Waals surface area (Å²) in [4.78, 5) is 25.5. The van der Waals surface area contributed by atoms with Crippen LogP contribution in [-0.4, -0.2) is 48.7 Å². The van der Waals surface area contributed by atoms with Crippen LogP contribution in [0.15, 0.2) is 4.99 Å². The molecule has 0 saturated heterocycles. The van der Waals surface area contributed by atoms with E-state index in [-0.39, 0.29) is 35.4 Å². The van der Waals surface area contributed by atoms with Crippen molar-refractivity contribution in [2.75, 3.05) is 13.1 Å². The third-order valence-electron chi connectivity index (χ3n) is 3.88. The summed E-state index contributed by atoms with van der Waals surface area (Å²) < 4.78 is 0. The molecule has 0 radical (unpaired) electrons. The Kier molecular flexibility index (Phi) is 14.3. The van der Waals surface area contributed by atoms with Gasteiger partial charge in [-0.2, -0.15) is 0 Å². The quantitative estimate of drug-likeness (QED) is 0.162. The third-order valence-corrected chi connectivity index (χ3v) is 3.88. The predicted molar refractivity (Wildman–Crippen MR) is 104 cm³/mol. The SMILES string of the molecule is CC(=O)[C@@H](N)CC(C)C[NH2+]C(=N)N.CC(=O)[C@H](N)[C@H](C)CCN=C(N)N. The molecule has 0 bridgehead atoms. The zero-order valence-corrected chi connectivity index (χ0v) is 16.4. The molecule has 0 aromatic heterocycles. The Morgan fingerprint density at radius 1 is 1.08 bits per heavy atom. The number of rotatable bonds is 10. The van der Waals surface area contributed by atoms with Crippen LogP contribution < -0.4 is 34.0 Å². The van der Waals surface area contributed by atoms with Crippen molar-refractivity contribution in [3.05, 3.63) is 0 Å². The largest absolute Gasteiger partial charge is 0.370 e. The number of nitrogens with zero attached hydrogens (tertiary/aromatic N) is 1. The topological polar surface area (TPSA) is 217 Å². The fourth-order valence-electron chi connectivity index (χ4n) is 2.00. The van der Waals surface area contributed by atoms with Crippen molar-refractivity contribution < 1.29 is 14.9 Å². The van der Waals surface area contributed by atoms with Crippen LogP contribution in [0.4, 0.5) is 0 Å². The zero-order chi connectivity index (χ0) is 20.9. The van der Waals surface area contributed by atoms with Gasteiger partial charge in [-0.15, -0.1) is 0 Å². The Morgan fingerprint density at radius 3 is 2.00 bits per heavy atom. The molecule has 0 aliphatic carbocycles. The Morgan fingerprint density at radius 2 is 1.62 bits per heavy atom. The monoisotopic (exact) mass is 373 g/mol. The average molecular weight is 374 g/mol. The van der Waals surface area contributed by atoms with Gasteiger partial charge in [-0.25, -0.2) is 5.41 Å². The molecule has 0 heterocycles. The van der Waals surface area contributed by atoms with Gasteiger partial charge in [0.15, 0.2) is 5.96 Å². The molecule has 0 fully saturated rings. The second-order valence-corrected chi connectivity index (χ2v) is 6.66. The second-order valence-electron chi connectivity index (χ2n) is 6.66. The normalized spacial score (nSPS) is 14.8. The average Bonchev–Trinajstić information content (AvgIpc) is 2.51. The molecule has 0 amide bonds. The standard InChI is InChI=1S/2C8H18N4O/c1-5(4-12-8(10)11)3-7(9)6(2)13;1-5(7(9)6(2)13)3-4-12-8(10)11/h2*5,7H,3-4,9H2,1-2H3,(H4,10,11,12)/p+1/t5?,7-;5-,7-/m01/s1. The Balaban J connectivity index is 0. The van der Waals surface area contributed by atoms with Crippen molar-refractivity contribution in [2.45, 2.75) is 52.6 Å². The number of aliphatic imine (C=N–C) groups is 1.